The minimum Gasteiger partial charge on any atom is -0.480 e. The first-order valence-electron chi connectivity index (χ1n) is 14.1. The number of nitrogens with one attached hydrogen (secondary N) is 3. The largest absolute Gasteiger partial charge is 0.480 e. The SMILES string of the molecule is NCCCCC(NC(=O)C(CCCCN)NC(=O)C(Cc1ccccc1)NC(=O)C(N)Cc1ccccc1)C(=O)O. The zero-order valence-electron chi connectivity index (χ0n) is 23.5. The molecule has 0 heterocycles. The van der Waals surface area contributed by atoms with Crippen LogP contribution in [0.15, 0.2) is 60.7 Å². The van der Waals surface area contributed by atoms with E-state index in [9.17, 15) is 24.3 Å². The zero-order chi connectivity index (χ0) is 30.0. The maximum atomic E-state index is 13.5. The average Bonchev–Trinajstić information content (AvgIpc) is 2.96. The molecule has 0 aliphatic carbocycles. The standard InChI is InChI=1S/C30H44N6O5/c31-17-9-7-15-24(28(38)35-25(30(40)41)16-8-10-18-32)34-29(39)26(20-22-13-5-2-6-14-22)36-27(37)23(33)19-21-11-3-1-4-12-21/h1-6,11-14,23-26H,7-10,15-20,31-33H2,(H,34,39)(H,35,38)(H,36,37)(H,40,41). The van der Waals surface area contributed by atoms with E-state index < -0.39 is 47.9 Å². The van der Waals surface area contributed by atoms with Gasteiger partial charge in [-0.2, -0.15) is 0 Å². The summed E-state index contributed by atoms with van der Waals surface area (Å²) in [6.07, 6.45) is 3.25. The van der Waals surface area contributed by atoms with E-state index in [1.54, 1.807) is 0 Å². The van der Waals surface area contributed by atoms with Gasteiger partial charge in [0.25, 0.3) is 0 Å². The minimum absolute atomic E-state index is 0.171. The first kappa shape index (κ1) is 33.4. The number of hydrogen-bond acceptors (Lipinski definition) is 7. The molecule has 10 N–H and O–H groups in total. The number of carboxylic acids is 1. The Labute approximate surface area is 241 Å². The van der Waals surface area contributed by atoms with Crippen molar-refractivity contribution in [1.82, 2.24) is 16.0 Å². The number of amides is 3. The van der Waals surface area contributed by atoms with Gasteiger partial charge in [0.2, 0.25) is 17.7 Å². The fourth-order valence-corrected chi connectivity index (χ4v) is 4.35. The lowest BCUT2D eigenvalue weighted by molar-refractivity contribution is -0.142. The van der Waals surface area contributed by atoms with E-state index in [2.05, 4.69) is 16.0 Å². The first-order chi connectivity index (χ1) is 19.7. The Hall–Kier alpha value is -3.80. The van der Waals surface area contributed by atoms with Crippen molar-refractivity contribution in [2.45, 2.75) is 75.5 Å². The van der Waals surface area contributed by atoms with Gasteiger partial charge in [-0.05, 0) is 69.2 Å². The van der Waals surface area contributed by atoms with E-state index in [-0.39, 0.29) is 25.7 Å². The number of carbonyl (C=O) groups excluding carboxylic acids is 3. The van der Waals surface area contributed by atoms with Gasteiger partial charge in [-0.25, -0.2) is 4.79 Å². The number of unbranched alkanes of at least 4 members (excludes halogenated alkanes) is 2. The Morgan fingerprint density at radius 3 is 1.56 bits per heavy atom. The molecule has 0 spiro atoms. The van der Waals surface area contributed by atoms with Crippen molar-refractivity contribution < 1.29 is 24.3 Å². The highest BCUT2D eigenvalue weighted by Crippen LogP contribution is 2.09. The van der Waals surface area contributed by atoms with Crippen molar-refractivity contribution in [2.24, 2.45) is 17.2 Å². The second-order valence-electron chi connectivity index (χ2n) is 10.1. The van der Waals surface area contributed by atoms with E-state index in [4.69, 9.17) is 17.2 Å². The van der Waals surface area contributed by atoms with Gasteiger partial charge in [-0.3, -0.25) is 14.4 Å². The third-order valence-electron chi connectivity index (χ3n) is 6.69. The van der Waals surface area contributed by atoms with Crippen LogP contribution in [0.25, 0.3) is 0 Å². The zero-order valence-corrected chi connectivity index (χ0v) is 23.5. The molecule has 0 bridgehead atoms. The highest BCUT2D eigenvalue weighted by molar-refractivity contribution is 5.94. The smallest absolute Gasteiger partial charge is 0.326 e. The molecule has 0 fully saturated rings. The third kappa shape index (κ3) is 12.5. The van der Waals surface area contributed by atoms with Crippen molar-refractivity contribution in [1.29, 1.82) is 0 Å². The summed E-state index contributed by atoms with van der Waals surface area (Å²) in [5.41, 5.74) is 19.0. The van der Waals surface area contributed by atoms with Crippen molar-refractivity contribution >= 4 is 23.7 Å². The number of carboxylic acid groups (broad SMARTS) is 1. The van der Waals surface area contributed by atoms with E-state index in [1.165, 1.54) is 0 Å². The molecule has 0 aliphatic heterocycles. The van der Waals surface area contributed by atoms with Crippen molar-refractivity contribution in [3.8, 4) is 0 Å². The molecule has 2 rings (SSSR count). The molecule has 11 nitrogen and oxygen atoms in total. The van der Waals surface area contributed by atoms with Crippen molar-refractivity contribution in [3.63, 3.8) is 0 Å². The summed E-state index contributed by atoms with van der Waals surface area (Å²) in [6.45, 7) is 0.826. The highest BCUT2D eigenvalue weighted by atomic mass is 16.4. The first-order valence-corrected chi connectivity index (χ1v) is 14.1. The Balaban J connectivity index is 2.18. The Morgan fingerprint density at radius 2 is 1.05 bits per heavy atom. The predicted molar refractivity (Wildman–Crippen MR) is 158 cm³/mol. The molecule has 2 aromatic carbocycles. The molecule has 11 heteroatoms. The Morgan fingerprint density at radius 1 is 0.610 bits per heavy atom. The molecular formula is C30H44N6O5. The van der Waals surface area contributed by atoms with Gasteiger partial charge in [0.15, 0.2) is 0 Å². The summed E-state index contributed by atoms with van der Waals surface area (Å²) >= 11 is 0. The van der Waals surface area contributed by atoms with Gasteiger partial charge in [-0.1, -0.05) is 60.7 Å². The maximum Gasteiger partial charge on any atom is 0.326 e. The Bertz CT molecular complexity index is 1090. The lowest BCUT2D eigenvalue weighted by Crippen LogP contribution is -2.57. The van der Waals surface area contributed by atoms with Gasteiger partial charge in [0.05, 0.1) is 6.04 Å². The molecule has 3 amide bonds. The van der Waals surface area contributed by atoms with Crippen LogP contribution >= 0.6 is 0 Å². The van der Waals surface area contributed by atoms with E-state index >= 15 is 0 Å². The van der Waals surface area contributed by atoms with Crippen LogP contribution in [0.5, 0.6) is 0 Å². The van der Waals surface area contributed by atoms with Crippen LogP contribution in [0.4, 0.5) is 0 Å². The Kier molecular flexibility index (Phi) is 15.1. The van der Waals surface area contributed by atoms with Gasteiger partial charge in [0, 0.05) is 6.42 Å². The fraction of sp³-hybridized carbons (Fsp3) is 0.467. The lowest BCUT2D eigenvalue weighted by atomic mass is 10.0. The second-order valence-corrected chi connectivity index (χ2v) is 10.1. The fourth-order valence-electron chi connectivity index (χ4n) is 4.35. The van der Waals surface area contributed by atoms with Crippen LogP contribution in [0, 0.1) is 0 Å². The van der Waals surface area contributed by atoms with Crippen LogP contribution in [-0.4, -0.2) is 66.1 Å². The van der Waals surface area contributed by atoms with E-state index in [0.29, 0.717) is 38.8 Å². The molecule has 0 radical (unpaired) electrons. The van der Waals surface area contributed by atoms with E-state index in [0.717, 1.165) is 11.1 Å². The molecule has 2 aromatic rings. The summed E-state index contributed by atoms with van der Waals surface area (Å²) in [7, 11) is 0. The number of aliphatic carboxylic acids is 1. The number of benzene rings is 2. The summed E-state index contributed by atoms with van der Waals surface area (Å²) in [5, 5.41) is 17.6. The molecule has 4 atom stereocenters. The summed E-state index contributed by atoms with van der Waals surface area (Å²) < 4.78 is 0. The van der Waals surface area contributed by atoms with Crippen LogP contribution in [0.3, 0.4) is 0 Å². The van der Waals surface area contributed by atoms with Gasteiger partial charge in [0.1, 0.15) is 18.1 Å². The van der Waals surface area contributed by atoms with Crippen LogP contribution in [-0.2, 0) is 32.0 Å². The lowest BCUT2D eigenvalue weighted by Gasteiger charge is -2.25. The van der Waals surface area contributed by atoms with Crippen molar-refractivity contribution in [2.75, 3.05) is 13.1 Å². The van der Waals surface area contributed by atoms with Gasteiger partial charge in [-0.15, -0.1) is 0 Å². The number of nitrogens with two attached hydrogens (primary N) is 3. The molecule has 4 unspecified atom stereocenters. The molecular weight excluding hydrogens is 524 g/mol. The average molecular weight is 569 g/mol. The summed E-state index contributed by atoms with van der Waals surface area (Å²) in [6, 6.07) is 14.4. The van der Waals surface area contributed by atoms with Crippen LogP contribution in [0.1, 0.15) is 49.7 Å². The monoisotopic (exact) mass is 568 g/mol. The second kappa shape index (κ2) is 18.5. The summed E-state index contributed by atoms with van der Waals surface area (Å²) in [5.74, 6) is -2.85. The molecule has 0 aromatic heterocycles. The quantitative estimate of drug-likeness (QED) is 0.119. The molecule has 0 saturated carbocycles. The third-order valence-corrected chi connectivity index (χ3v) is 6.69. The molecule has 0 saturated heterocycles. The number of rotatable bonds is 19. The van der Waals surface area contributed by atoms with Crippen LogP contribution < -0.4 is 33.2 Å². The molecule has 224 valence electrons. The van der Waals surface area contributed by atoms with E-state index in [1.807, 2.05) is 60.7 Å². The number of carbonyl (C=O) groups is 4. The predicted octanol–water partition coefficient (Wildman–Crippen LogP) is 0.596. The highest BCUT2D eigenvalue weighted by Gasteiger charge is 2.30. The molecule has 0 aliphatic rings. The summed E-state index contributed by atoms with van der Waals surface area (Å²) in [4.78, 5) is 51.5. The number of hydrogen-bond donors (Lipinski definition) is 7. The van der Waals surface area contributed by atoms with Gasteiger partial charge >= 0.3 is 5.97 Å². The van der Waals surface area contributed by atoms with Gasteiger partial charge < -0.3 is 38.3 Å². The van der Waals surface area contributed by atoms with Crippen LogP contribution in [0.2, 0.25) is 0 Å². The topological polar surface area (TPSA) is 203 Å². The normalized spacial score (nSPS) is 13.8. The minimum atomic E-state index is -1.16. The molecule has 41 heavy (non-hydrogen) atoms. The maximum absolute atomic E-state index is 13.5. The van der Waals surface area contributed by atoms with Crippen molar-refractivity contribution in [3.05, 3.63) is 71.8 Å².